The first-order chi connectivity index (χ1) is 9.54. The minimum absolute atomic E-state index is 0.0302. The van der Waals surface area contributed by atoms with Crippen molar-refractivity contribution in [3.8, 4) is 0 Å². The van der Waals surface area contributed by atoms with Crippen LogP contribution in [0, 0.1) is 0 Å². The highest BCUT2D eigenvalue weighted by Gasteiger charge is 2.23. The van der Waals surface area contributed by atoms with E-state index in [0.29, 0.717) is 25.9 Å². The van der Waals surface area contributed by atoms with Crippen LogP contribution in [0.25, 0.3) is 0 Å². The maximum absolute atomic E-state index is 11.8. The Labute approximate surface area is 126 Å². The van der Waals surface area contributed by atoms with Gasteiger partial charge in [-0.05, 0) is 24.1 Å². The standard InChI is InChI=1S/C14H18BrN3O2/c1-18-9-12(6-7-13(18)19)17-14(20)16-8-10-2-4-11(15)5-3-10/h2-5,12H,6-9H2,1H3,(H2,16,17,20). The van der Waals surface area contributed by atoms with Crippen molar-refractivity contribution >= 4 is 27.9 Å². The molecule has 2 N–H and O–H groups in total. The zero-order valence-electron chi connectivity index (χ0n) is 11.4. The number of amides is 3. The number of piperidine rings is 1. The molecule has 1 atom stereocenters. The lowest BCUT2D eigenvalue weighted by atomic mass is 10.1. The number of benzene rings is 1. The molecule has 1 aliphatic rings. The van der Waals surface area contributed by atoms with Crippen molar-refractivity contribution < 1.29 is 9.59 Å². The van der Waals surface area contributed by atoms with Gasteiger partial charge in [0.1, 0.15) is 0 Å². The second-order valence-electron chi connectivity index (χ2n) is 4.96. The third-order valence-electron chi connectivity index (χ3n) is 3.33. The van der Waals surface area contributed by atoms with Gasteiger partial charge in [0.15, 0.2) is 0 Å². The average molecular weight is 340 g/mol. The molecular formula is C14H18BrN3O2. The number of carbonyl (C=O) groups is 2. The van der Waals surface area contributed by atoms with Gasteiger partial charge in [-0.1, -0.05) is 28.1 Å². The average Bonchev–Trinajstić information content (AvgIpc) is 2.42. The summed E-state index contributed by atoms with van der Waals surface area (Å²) in [5.74, 6) is 0.137. The summed E-state index contributed by atoms with van der Waals surface area (Å²) in [7, 11) is 1.76. The van der Waals surface area contributed by atoms with E-state index in [2.05, 4.69) is 26.6 Å². The summed E-state index contributed by atoms with van der Waals surface area (Å²) in [6.07, 6.45) is 1.20. The number of likely N-dealkylation sites (N-methyl/N-ethyl adjacent to an activating group) is 1. The smallest absolute Gasteiger partial charge is 0.315 e. The van der Waals surface area contributed by atoms with E-state index in [1.807, 2.05) is 24.3 Å². The Kier molecular flexibility index (Phi) is 5.00. The molecule has 1 aromatic carbocycles. The van der Waals surface area contributed by atoms with E-state index in [-0.39, 0.29) is 18.0 Å². The first-order valence-electron chi connectivity index (χ1n) is 6.57. The molecule has 1 unspecified atom stereocenters. The lowest BCUT2D eigenvalue weighted by Gasteiger charge is -2.30. The van der Waals surface area contributed by atoms with Crippen LogP contribution >= 0.6 is 15.9 Å². The third-order valence-corrected chi connectivity index (χ3v) is 3.86. The maximum atomic E-state index is 11.8. The summed E-state index contributed by atoms with van der Waals surface area (Å²) >= 11 is 3.37. The number of hydrogen-bond donors (Lipinski definition) is 2. The Morgan fingerprint density at radius 2 is 2.10 bits per heavy atom. The van der Waals surface area contributed by atoms with Crippen LogP contribution in [0.4, 0.5) is 4.79 Å². The van der Waals surface area contributed by atoms with Gasteiger partial charge in [-0.15, -0.1) is 0 Å². The first-order valence-corrected chi connectivity index (χ1v) is 7.36. The molecule has 0 bridgehead atoms. The summed E-state index contributed by atoms with van der Waals surface area (Å²) in [6, 6.07) is 7.63. The van der Waals surface area contributed by atoms with Crippen molar-refractivity contribution in [1.82, 2.24) is 15.5 Å². The number of hydrogen-bond acceptors (Lipinski definition) is 2. The molecule has 5 nitrogen and oxygen atoms in total. The van der Waals surface area contributed by atoms with E-state index in [1.54, 1.807) is 11.9 Å². The molecule has 0 spiro atoms. The van der Waals surface area contributed by atoms with E-state index in [0.717, 1.165) is 10.0 Å². The van der Waals surface area contributed by atoms with E-state index in [4.69, 9.17) is 0 Å². The molecule has 20 heavy (non-hydrogen) atoms. The number of halogens is 1. The van der Waals surface area contributed by atoms with Gasteiger partial charge in [-0.3, -0.25) is 4.79 Å². The molecule has 1 heterocycles. The fourth-order valence-electron chi connectivity index (χ4n) is 2.15. The summed E-state index contributed by atoms with van der Waals surface area (Å²) in [5.41, 5.74) is 1.04. The SMILES string of the molecule is CN1CC(NC(=O)NCc2ccc(Br)cc2)CCC1=O. The lowest BCUT2D eigenvalue weighted by molar-refractivity contribution is -0.132. The van der Waals surface area contributed by atoms with Crippen molar-refractivity contribution in [2.45, 2.75) is 25.4 Å². The fourth-order valence-corrected chi connectivity index (χ4v) is 2.42. The highest BCUT2D eigenvalue weighted by Crippen LogP contribution is 2.11. The van der Waals surface area contributed by atoms with Crippen LogP contribution in [-0.4, -0.2) is 36.5 Å². The van der Waals surface area contributed by atoms with Crippen LogP contribution in [0.15, 0.2) is 28.7 Å². The van der Waals surface area contributed by atoms with Gasteiger partial charge in [0.25, 0.3) is 0 Å². The highest BCUT2D eigenvalue weighted by atomic mass is 79.9. The van der Waals surface area contributed by atoms with Gasteiger partial charge >= 0.3 is 6.03 Å². The van der Waals surface area contributed by atoms with Crippen LogP contribution < -0.4 is 10.6 Å². The second kappa shape index (κ2) is 6.74. The molecule has 0 aromatic heterocycles. The number of nitrogens with one attached hydrogen (secondary N) is 2. The zero-order valence-corrected chi connectivity index (χ0v) is 12.9. The summed E-state index contributed by atoms with van der Waals surface area (Å²) in [6.45, 7) is 1.06. The van der Waals surface area contributed by atoms with Gasteiger partial charge < -0.3 is 15.5 Å². The van der Waals surface area contributed by atoms with Gasteiger partial charge in [0.2, 0.25) is 5.91 Å². The molecule has 2 rings (SSSR count). The molecule has 0 radical (unpaired) electrons. The lowest BCUT2D eigenvalue weighted by Crippen LogP contribution is -2.50. The van der Waals surface area contributed by atoms with Crippen LogP contribution in [0.3, 0.4) is 0 Å². The topological polar surface area (TPSA) is 61.4 Å². The molecule has 3 amide bonds. The second-order valence-corrected chi connectivity index (χ2v) is 5.88. The Balaban J connectivity index is 1.75. The molecule has 0 aliphatic carbocycles. The number of carbonyl (C=O) groups excluding carboxylic acids is 2. The van der Waals surface area contributed by atoms with Crippen molar-refractivity contribution in [2.24, 2.45) is 0 Å². The molecule has 1 aromatic rings. The Morgan fingerprint density at radius 3 is 2.75 bits per heavy atom. The number of nitrogens with zero attached hydrogens (tertiary/aromatic N) is 1. The van der Waals surface area contributed by atoms with Gasteiger partial charge in [-0.25, -0.2) is 4.79 Å². The van der Waals surface area contributed by atoms with Crippen LogP contribution in [0.1, 0.15) is 18.4 Å². The van der Waals surface area contributed by atoms with Crippen LogP contribution in [0.5, 0.6) is 0 Å². The molecule has 1 saturated heterocycles. The number of urea groups is 1. The van der Waals surface area contributed by atoms with E-state index in [9.17, 15) is 9.59 Å². The van der Waals surface area contributed by atoms with E-state index in [1.165, 1.54) is 0 Å². The van der Waals surface area contributed by atoms with Crippen molar-refractivity contribution in [2.75, 3.05) is 13.6 Å². The number of likely N-dealkylation sites (tertiary alicyclic amines) is 1. The van der Waals surface area contributed by atoms with E-state index < -0.39 is 0 Å². The molecule has 6 heteroatoms. The Morgan fingerprint density at radius 1 is 1.40 bits per heavy atom. The summed E-state index contributed by atoms with van der Waals surface area (Å²) in [4.78, 5) is 24.8. The summed E-state index contributed by atoms with van der Waals surface area (Å²) in [5, 5.41) is 5.72. The van der Waals surface area contributed by atoms with Crippen LogP contribution in [-0.2, 0) is 11.3 Å². The minimum atomic E-state index is -0.194. The predicted octanol–water partition coefficient (Wildman–Crippen LogP) is 1.87. The monoisotopic (exact) mass is 339 g/mol. The minimum Gasteiger partial charge on any atom is -0.344 e. The molecule has 1 fully saturated rings. The van der Waals surface area contributed by atoms with Crippen molar-refractivity contribution in [3.05, 3.63) is 34.3 Å². The molecule has 1 aliphatic heterocycles. The quantitative estimate of drug-likeness (QED) is 0.883. The maximum Gasteiger partial charge on any atom is 0.315 e. The third kappa shape index (κ3) is 4.23. The Bertz CT molecular complexity index is 490. The largest absolute Gasteiger partial charge is 0.344 e. The van der Waals surface area contributed by atoms with Crippen LogP contribution in [0.2, 0.25) is 0 Å². The van der Waals surface area contributed by atoms with E-state index >= 15 is 0 Å². The highest BCUT2D eigenvalue weighted by molar-refractivity contribution is 9.10. The number of rotatable bonds is 3. The summed E-state index contributed by atoms with van der Waals surface area (Å²) < 4.78 is 1.01. The van der Waals surface area contributed by atoms with Crippen molar-refractivity contribution in [3.63, 3.8) is 0 Å². The van der Waals surface area contributed by atoms with Crippen molar-refractivity contribution in [1.29, 1.82) is 0 Å². The van der Waals surface area contributed by atoms with Gasteiger partial charge in [-0.2, -0.15) is 0 Å². The first kappa shape index (κ1) is 14.8. The van der Waals surface area contributed by atoms with Gasteiger partial charge in [0, 0.05) is 37.1 Å². The van der Waals surface area contributed by atoms with Gasteiger partial charge in [0.05, 0.1) is 0 Å². The molecule has 0 saturated carbocycles. The predicted molar refractivity (Wildman–Crippen MR) is 80.2 cm³/mol. The zero-order chi connectivity index (χ0) is 14.5. The normalized spacial score (nSPS) is 18.8. The fraction of sp³-hybridized carbons (Fsp3) is 0.429. The Hall–Kier alpha value is -1.56. The molecular weight excluding hydrogens is 322 g/mol. The molecule has 108 valence electrons.